The summed E-state index contributed by atoms with van der Waals surface area (Å²) in [6.45, 7) is 8.86. The van der Waals surface area contributed by atoms with Gasteiger partial charge in [0.1, 0.15) is 9.88 Å². The SMILES string of the molecule is CN1C(C)(C)CC(NC(=O)c2sc(-c3cccnc3)nc2Cl)CC1(C)C. The molecule has 5 nitrogen and oxygen atoms in total. The van der Waals surface area contributed by atoms with Crippen molar-refractivity contribution in [3.05, 3.63) is 34.6 Å². The molecule has 26 heavy (non-hydrogen) atoms. The number of aromatic nitrogens is 2. The van der Waals surface area contributed by atoms with Gasteiger partial charge in [-0.25, -0.2) is 4.98 Å². The van der Waals surface area contributed by atoms with E-state index >= 15 is 0 Å². The van der Waals surface area contributed by atoms with Crippen molar-refractivity contribution in [2.24, 2.45) is 0 Å². The van der Waals surface area contributed by atoms with Crippen LogP contribution in [0.15, 0.2) is 24.5 Å². The maximum atomic E-state index is 12.8. The van der Waals surface area contributed by atoms with Crippen LogP contribution in [-0.2, 0) is 0 Å². The van der Waals surface area contributed by atoms with Crippen molar-refractivity contribution in [1.29, 1.82) is 0 Å². The number of hydrogen-bond donors (Lipinski definition) is 1. The Kier molecular flexibility index (Phi) is 5.12. The van der Waals surface area contributed by atoms with Crippen LogP contribution in [0, 0.1) is 0 Å². The molecule has 7 heteroatoms. The van der Waals surface area contributed by atoms with Crippen LogP contribution >= 0.6 is 22.9 Å². The molecule has 0 spiro atoms. The molecule has 1 aliphatic rings. The highest BCUT2D eigenvalue weighted by molar-refractivity contribution is 7.17. The second-order valence-corrected chi connectivity index (χ2v) is 9.50. The summed E-state index contributed by atoms with van der Waals surface area (Å²) in [5, 5.41) is 4.13. The van der Waals surface area contributed by atoms with Gasteiger partial charge in [0.15, 0.2) is 5.15 Å². The standard InChI is InChI=1S/C19H25ClN4OS/c1-18(2)9-13(10-19(3,4)24(18)5)22-16(25)14-15(20)23-17(26-14)12-7-6-8-21-11-12/h6-8,11,13H,9-10H2,1-5H3,(H,22,25). The molecule has 0 atom stereocenters. The van der Waals surface area contributed by atoms with Crippen molar-refractivity contribution in [2.75, 3.05) is 7.05 Å². The van der Waals surface area contributed by atoms with Gasteiger partial charge in [-0.3, -0.25) is 14.7 Å². The summed E-state index contributed by atoms with van der Waals surface area (Å²) in [4.78, 5) is 24.1. The second kappa shape index (κ2) is 6.91. The third-order valence-corrected chi connectivity index (χ3v) is 6.83. The smallest absolute Gasteiger partial charge is 0.264 e. The molecular weight excluding hydrogens is 368 g/mol. The molecule has 0 radical (unpaired) electrons. The van der Waals surface area contributed by atoms with Gasteiger partial charge in [-0.05, 0) is 59.7 Å². The second-order valence-electron chi connectivity index (χ2n) is 8.14. The Morgan fingerprint density at radius 3 is 2.54 bits per heavy atom. The van der Waals surface area contributed by atoms with Crippen molar-refractivity contribution < 1.29 is 4.79 Å². The minimum Gasteiger partial charge on any atom is -0.348 e. The molecule has 3 heterocycles. The lowest BCUT2D eigenvalue weighted by atomic mass is 9.77. The van der Waals surface area contributed by atoms with Gasteiger partial charge in [0.25, 0.3) is 5.91 Å². The molecule has 0 aliphatic carbocycles. The Balaban J connectivity index is 1.78. The van der Waals surface area contributed by atoms with E-state index in [1.54, 1.807) is 12.4 Å². The number of halogens is 1. The maximum Gasteiger partial charge on any atom is 0.264 e. The third kappa shape index (κ3) is 3.77. The lowest BCUT2D eigenvalue weighted by Gasteiger charge is -2.53. The van der Waals surface area contributed by atoms with Gasteiger partial charge in [-0.15, -0.1) is 11.3 Å². The molecule has 0 bridgehead atoms. The summed E-state index contributed by atoms with van der Waals surface area (Å²) < 4.78 is 0. The summed E-state index contributed by atoms with van der Waals surface area (Å²) in [7, 11) is 2.15. The number of thiazole rings is 1. The molecule has 1 fully saturated rings. The summed E-state index contributed by atoms with van der Waals surface area (Å²) in [6.07, 6.45) is 5.21. The van der Waals surface area contributed by atoms with E-state index in [0.29, 0.717) is 9.88 Å². The number of nitrogens with one attached hydrogen (secondary N) is 1. The van der Waals surface area contributed by atoms with Crippen molar-refractivity contribution in [3.63, 3.8) is 0 Å². The molecule has 1 saturated heterocycles. The predicted molar refractivity (Wildman–Crippen MR) is 107 cm³/mol. The van der Waals surface area contributed by atoms with E-state index in [1.165, 1.54) is 11.3 Å². The first-order chi connectivity index (χ1) is 12.1. The molecule has 1 N–H and O–H groups in total. The highest BCUT2D eigenvalue weighted by atomic mass is 35.5. The normalized spacial score (nSPS) is 20.1. The monoisotopic (exact) mass is 392 g/mol. The molecule has 2 aromatic heterocycles. The number of pyridine rings is 1. The molecule has 0 aromatic carbocycles. The number of carbonyl (C=O) groups is 1. The summed E-state index contributed by atoms with van der Waals surface area (Å²) >= 11 is 7.56. The summed E-state index contributed by atoms with van der Waals surface area (Å²) in [6, 6.07) is 3.85. The predicted octanol–water partition coefficient (Wildman–Crippen LogP) is 4.24. The van der Waals surface area contributed by atoms with Crippen LogP contribution in [0.25, 0.3) is 10.6 Å². The van der Waals surface area contributed by atoms with Gasteiger partial charge >= 0.3 is 0 Å². The Labute approximate surface area is 163 Å². The number of nitrogens with zero attached hydrogens (tertiary/aromatic N) is 3. The lowest BCUT2D eigenvalue weighted by Crippen LogP contribution is -2.62. The number of rotatable bonds is 3. The number of piperidine rings is 1. The van der Waals surface area contributed by atoms with Crippen molar-refractivity contribution in [3.8, 4) is 10.6 Å². The van der Waals surface area contributed by atoms with E-state index in [-0.39, 0.29) is 28.2 Å². The van der Waals surface area contributed by atoms with Crippen LogP contribution in [-0.4, -0.2) is 44.9 Å². The van der Waals surface area contributed by atoms with E-state index in [2.05, 4.69) is 54.9 Å². The van der Waals surface area contributed by atoms with Crippen LogP contribution in [0.2, 0.25) is 5.15 Å². The van der Waals surface area contributed by atoms with Gasteiger partial charge in [-0.1, -0.05) is 11.6 Å². The van der Waals surface area contributed by atoms with Crippen molar-refractivity contribution >= 4 is 28.8 Å². The Morgan fingerprint density at radius 1 is 1.31 bits per heavy atom. The molecular formula is C19H25ClN4OS. The first-order valence-corrected chi connectivity index (χ1v) is 9.91. The average molecular weight is 393 g/mol. The van der Waals surface area contributed by atoms with E-state index in [4.69, 9.17) is 11.6 Å². The molecule has 0 unspecified atom stereocenters. The quantitative estimate of drug-likeness (QED) is 0.848. The minimum absolute atomic E-state index is 0.0120. The van der Waals surface area contributed by atoms with Crippen molar-refractivity contribution in [2.45, 2.75) is 57.7 Å². The number of carbonyl (C=O) groups excluding carboxylic acids is 1. The highest BCUT2D eigenvalue weighted by Crippen LogP contribution is 2.37. The first-order valence-electron chi connectivity index (χ1n) is 8.72. The Hall–Kier alpha value is -1.50. The van der Waals surface area contributed by atoms with Crippen LogP contribution < -0.4 is 5.32 Å². The Morgan fingerprint density at radius 2 is 1.96 bits per heavy atom. The van der Waals surface area contributed by atoms with Crippen LogP contribution in [0.5, 0.6) is 0 Å². The molecule has 2 aromatic rings. The maximum absolute atomic E-state index is 12.8. The summed E-state index contributed by atoms with van der Waals surface area (Å²) in [5.74, 6) is -0.149. The average Bonchev–Trinajstić information content (AvgIpc) is 2.95. The van der Waals surface area contributed by atoms with Gasteiger partial charge in [0, 0.05) is 35.1 Å². The van der Waals surface area contributed by atoms with Gasteiger partial charge in [0.05, 0.1) is 0 Å². The Bertz CT molecular complexity index is 785. The van der Waals surface area contributed by atoms with Crippen LogP contribution in [0.4, 0.5) is 0 Å². The molecule has 1 amide bonds. The zero-order valence-corrected chi connectivity index (χ0v) is 17.4. The summed E-state index contributed by atoms with van der Waals surface area (Å²) in [5.41, 5.74) is 0.885. The van der Waals surface area contributed by atoms with Gasteiger partial charge in [0.2, 0.25) is 0 Å². The van der Waals surface area contributed by atoms with E-state index in [9.17, 15) is 4.79 Å². The van der Waals surface area contributed by atoms with E-state index in [0.717, 1.165) is 18.4 Å². The number of likely N-dealkylation sites (tertiary alicyclic amines) is 1. The zero-order chi connectivity index (χ0) is 19.1. The van der Waals surface area contributed by atoms with Gasteiger partial charge < -0.3 is 5.32 Å². The highest BCUT2D eigenvalue weighted by Gasteiger charge is 2.43. The van der Waals surface area contributed by atoms with Crippen LogP contribution in [0.3, 0.4) is 0 Å². The van der Waals surface area contributed by atoms with E-state index in [1.807, 2.05) is 12.1 Å². The van der Waals surface area contributed by atoms with Crippen molar-refractivity contribution in [1.82, 2.24) is 20.2 Å². The first kappa shape index (κ1) is 19.3. The molecule has 1 aliphatic heterocycles. The largest absolute Gasteiger partial charge is 0.348 e. The fourth-order valence-corrected chi connectivity index (χ4v) is 4.97. The topological polar surface area (TPSA) is 58.1 Å². The number of amides is 1. The van der Waals surface area contributed by atoms with E-state index < -0.39 is 0 Å². The molecule has 0 saturated carbocycles. The minimum atomic E-state index is -0.149. The fraction of sp³-hybridized carbons (Fsp3) is 0.526. The number of hydrogen-bond acceptors (Lipinski definition) is 5. The lowest BCUT2D eigenvalue weighted by molar-refractivity contribution is -0.0168. The fourth-order valence-electron chi connectivity index (χ4n) is 3.78. The van der Waals surface area contributed by atoms with Gasteiger partial charge in [-0.2, -0.15) is 0 Å². The van der Waals surface area contributed by atoms with Crippen LogP contribution in [0.1, 0.15) is 50.2 Å². The molecule has 140 valence electrons. The third-order valence-electron chi connectivity index (χ3n) is 5.34. The molecule has 3 rings (SSSR count). The zero-order valence-electron chi connectivity index (χ0n) is 15.8.